The second-order valence-corrected chi connectivity index (χ2v) is 5.71. The van der Waals surface area contributed by atoms with Crippen molar-refractivity contribution in [2.45, 2.75) is 37.2 Å². The van der Waals surface area contributed by atoms with Gasteiger partial charge in [-0.3, -0.25) is 4.98 Å². The zero-order valence-corrected chi connectivity index (χ0v) is 12.3. The van der Waals surface area contributed by atoms with Gasteiger partial charge >= 0.3 is 0 Å². The molecule has 21 heavy (non-hydrogen) atoms. The van der Waals surface area contributed by atoms with Crippen molar-refractivity contribution in [3.05, 3.63) is 59.9 Å². The van der Waals surface area contributed by atoms with Gasteiger partial charge in [-0.25, -0.2) is 0 Å². The Hall–Kier alpha value is -1.87. The second-order valence-electron chi connectivity index (χ2n) is 5.71. The second kappa shape index (κ2) is 5.86. The van der Waals surface area contributed by atoms with Gasteiger partial charge in [0.05, 0.1) is 12.8 Å². The number of aliphatic hydroxyl groups is 1. The van der Waals surface area contributed by atoms with E-state index in [0.717, 1.165) is 42.7 Å². The molecule has 1 aromatic heterocycles. The van der Waals surface area contributed by atoms with Crippen LogP contribution in [0.25, 0.3) is 0 Å². The number of nitrogens with zero attached hydrogens (tertiary/aromatic N) is 1. The Morgan fingerprint density at radius 1 is 1.14 bits per heavy atom. The van der Waals surface area contributed by atoms with Crippen molar-refractivity contribution in [1.29, 1.82) is 0 Å². The Kier molecular flexibility index (Phi) is 3.93. The number of hydrogen-bond donors (Lipinski definition) is 1. The maximum absolute atomic E-state index is 11.3. The number of aromatic nitrogens is 1. The maximum Gasteiger partial charge on any atom is 0.118 e. The Morgan fingerprint density at radius 2 is 1.95 bits per heavy atom. The van der Waals surface area contributed by atoms with Gasteiger partial charge in [-0.05, 0) is 42.7 Å². The first-order valence-corrected chi connectivity index (χ1v) is 7.52. The Morgan fingerprint density at radius 3 is 2.62 bits per heavy atom. The summed E-state index contributed by atoms with van der Waals surface area (Å²) in [7, 11) is 1.67. The summed E-state index contributed by atoms with van der Waals surface area (Å²) >= 11 is 0. The molecule has 3 nitrogen and oxygen atoms in total. The fourth-order valence-corrected chi connectivity index (χ4v) is 3.36. The highest BCUT2D eigenvalue weighted by atomic mass is 16.5. The van der Waals surface area contributed by atoms with Gasteiger partial charge in [-0.1, -0.05) is 31.0 Å². The lowest BCUT2D eigenvalue weighted by Crippen LogP contribution is -2.37. The van der Waals surface area contributed by atoms with Gasteiger partial charge in [0.1, 0.15) is 11.4 Å². The van der Waals surface area contributed by atoms with Crippen molar-refractivity contribution in [2.24, 2.45) is 0 Å². The summed E-state index contributed by atoms with van der Waals surface area (Å²) in [5, 5.41) is 11.3. The summed E-state index contributed by atoms with van der Waals surface area (Å²) in [5.74, 6) is 0.933. The van der Waals surface area contributed by atoms with Crippen LogP contribution in [0.1, 0.15) is 42.9 Å². The molecule has 110 valence electrons. The molecule has 2 aromatic rings. The van der Waals surface area contributed by atoms with Crippen LogP contribution in [-0.4, -0.2) is 17.2 Å². The predicted molar refractivity (Wildman–Crippen MR) is 82.3 cm³/mol. The van der Waals surface area contributed by atoms with E-state index in [9.17, 15) is 5.11 Å². The summed E-state index contributed by atoms with van der Waals surface area (Å²) < 4.78 is 5.22. The van der Waals surface area contributed by atoms with Gasteiger partial charge in [0.25, 0.3) is 0 Å². The van der Waals surface area contributed by atoms with Crippen LogP contribution in [0.3, 0.4) is 0 Å². The van der Waals surface area contributed by atoms with Gasteiger partial charge in [0, 0.05) is 12.1 Å². The fourth-order valence-electron chi connectivity index (χ4n) is 3.36. The normalized spacial score (nSPS) is 25.5. The number of benzene rings is 1. The molecule has 1 fully saturated rings. The van der Waals surface area contributed by atoms with Gasteiger partial charge in [-0.15, -0.1) is 0 Å². The quantitative estimate of drug-likeness (QED) is 0.935. The molecule has 2 atom stereocenters. The minimum absolute atomic E-state index is 0.0899. The van der Waals surface area contributed by atoms with Crippen molar-refractivity contribution >= 4 is 0 Å². The van der Waals surface area contributed by atoms with Crippen LogP contribution >= 0.6 is 0 Å². The van der Waals surface area contributed by atoms with E-state index in [2.05, 4.69) is 17.1 Å². The van der Waals surface area contributed by atoms with Crippen molar-refractivity contribution < 1.29 is 9.84 Å². The summed E-state index contributed by atoms with van der Waals surface area (Å²) in [5.41, 5.74) is 1.07. The van der Waals surface area contributed by atoms with Crippen molar-refractivity contribution in [2.75, 3.05) is 7.11 Å². The van der Waals surface area contributed by atoms with Gasteiger partial charge in [0.15, 0.2) is 0 Å². The van der Waals surface area contributed by atoms with Crippen LogP contribution in [0.15, 0.2) is 48.7 Å². The molecule has 1 N–H and O–H groups in total. The number of rotatable bonds is 3. The standard InChI is InChI=1S/C18H21NO2/c1-21-15-10-8-14(9-11-15)16-6-2-4-12-18(16,20)17-7-3-5-13-19-17/h3,5,7-11,13,16,20H,2,4,6,12H2,1H3/t16-,18-/m0/s1. The molecular formula is C18H21NO2. The fraction of sp³-hybridized carbons (Fsp3) is 0.389. The Bertz CT molecular complexity index is 582. The van der Waals surface area contributed by atoms with Crippen molar-refractivity contribution in [1.82, 2.24) is 4.98 Å². The van der Waals surface area contributed by atoms with E-state index in [1.165, 1.54) is 0 Å². The molecule has 1 aliphatic carbocycles. The highest BCUT2D eigenvalue weighted by molar-refractivity contribution is 5.33. The lowest BCUT2D eigenvalue weighted by molar-refractivity contribution is -0.0262. The molecule has 1 saturated carbocycles. The highest BCUT2D eigenvalue weighted by Gasteiger charge is 2.42. The molecule has 1 heterocycles. The summed E-state index contributed by atoms with van der Waals surface area (Å²) in [4.78, 5) is 4.41. The van der Waals surface area contributed by atoms with E-state index in [0.29, 0.717) is 0 Å². The Labute approximate surface area is 125 Å². The summed E-state index contributed by atoms with van der Waals surface area (Å²) in [6.45, 7) is 0. The molecule has 0 spiro atoms. The van der Waals surface area contributed by atoms with Crippen LogP contribution in [0.4, 0.5) is 0 Å². The maximum atomic E-state index is 11.3. The number of hydrogen-bond acceptors (Lipinski definition) is 3. The smallest absolute Gasteiger partial charge is 0.118 e. The molecule has 0 unspecified atom stereocenters. The predicted octanol–water partition coefficient (Wildman–Crippen LogP) is 3.64. The molecule has 0 radical (unpaired) electrons. The van der Waals surface area contributed by atoms with E-state index in [-0.39, 0.29) is 5.92 Å². The average Bonchev–Trinajstić information content (AvgIpc) is 2.56. The first kappa shape index (κ1) is 14.1. The molecule has 3 heteroatoms. The Balaban J connectivity index is 1.97. The summed E-state index contributed by atoms with van der Waals surface area (Å²) in [6, 6.07) is 13.8. The first-order chi connectivity index (χ1) is 10.2. The van der Waals surface area contributed by atoms with E-state index >= 15 is 0 Å². The lowest BCUT2D eigenvalue weighted by Gasteiger charge is -2.40. The minimum atomic E-state index is -0.867. The highest BCUT2D eigenvalue weighted by Crippen LogP contribution is 2.46. The van der Waals surface area contributed by atoms with Crippen molar-refractivity contribution in [3.63, 3.8) is 0 Å². The first-order valence-electron chi connectivity index (χ1n) is 7.52. The third kappa shape index (κ3) is 2.66. The average molecular weight is 283 g/mol. The molecule has 0 aliphatic heterocycles. The largest absolute Gasteiger partial charge is 0.497 e. The third-order valence-electron chi connectivity index (χ3n) is 4.50. The summed E-state index contributed by atoms with van der Waals surface area (Å²) in [6.07, 6.45) is 5.69. The van der Waals surface area contributed by atoms with Crippen LogP contribution < -0.4 is 4.74 Å². The van der Waals surface area contributed by atoms with Gasteiger partial charge < -0.3 is 9.84 Å². The van der Waals surface area contributed by atoms with Crippen LogP contribution in [0.2, 0.25) is 0 Å². The van der Waals surface area contributed by atoms with Crippen LogP contribution in [-0.2, 0) is 5.60 Å². The number of pyridine rings is 1. The monoisotopic (exact) mass is 283 g/mol. The molecule has 1 aromatic carbocycles. The SMILES string of the molecule is COc1ccc([C@@H]2CCCC[C@@]2(O)c2ccccn2)cc1. The third-order valence-corrected chi connectivity index (χ3v) is 4.50. The van der Waals surface area contributed by atoms with E-state index in [4.69, 9.17) is 4.74 Å². The molecule has 3 rings (SSSR count). The zero-order chi connectivity index (χ0) is 14.7. The van der Waals surface area contributed by atoms with Crippen LogP contribution in [0.5, 0.6) is 5.75 Å². The molecule has 0 amide bonds. The van der Waals surface area contributed by atoms with Crippen LogP contribution in [0, 0.1) is 0 Å². The molecule has 1 aliphatic rings. The van der Waals surface area contributed by atoms with E-state index < -0.39 is 5.60 Å². The zero-order valence-electron chi connectivity index (χ0n) is 12.3. The van der Waals surface area contributed by atoms with Crippen molar-refractivity contribution in [3.8, 4) is 5.75 Å². The number of ether oxygens (including phenoxy) is 1. The molecule has 0 bridgehead atoms. The van der Waals surface area contributed by atoms with E-state index in [1.54, 1.807) is 13.3 Å². The molecule has 0 saturated heterocycles. The van der Waals surface area contributed by atoms with Gasteiger partial charge in [0.2, 0.25) is 0 Å². The topological polar surface area (TPSA) is 42.4 Å². The minimum Gasteiger partial charge on any atom is -0.497 e. The number of methoxy groups -OCH3 is 1. The van der Waals surface area contributed by atoms with Gasteiger partial charge in [-0.2, -0.15) is 0 Å². The van der Waals surface area contributed by atoms with E-state index in [1.807, 2.05) is 30.3 Å². The lowest BCUT2D eigenvalue weighted by atomic mass is 9.70. The molecular weight excluding hydrogens is 262 g/mol.